The molecule has 0 fully saturated rings. The van der Waals surface area contributed by atoms with Gasteiger partial charge in [0.05, 0.1) is 11.4 Å². The Bertz CT molecular complexity index is 1130. The highest BCUT2D eigenvalue weighted by Gasteiger charge is 2.31. The second kappa shape index (κ2) is 6.86. The van der Waals surface area contributed by atoms with Crippen LogP contribution in [0.15, 0.2) is 97.1 Å². The number of benzene rings is 3. The van der Waals surface area contributed by atoms with Crippen molar-refractivity contribution < 1.29 is 4.74 Å². The minimum Gasteiger partial charge on any atom is -0.438 e. The molecular weight excluding hydrogens is 344 g/mol. The van der Waals surface area contributed by atoms with Crippen molar-refractivity contribution in [1.82, 2.24) is 9.78 Å². The summed E-state index contributed by atoms with van der Waals surface area (Å²) in [5.74, 6) is 1.75. The van der Waals surface area contributed by atoms with Crippen LogP contribution in [0.3, 0.4) is 0 Å². The predicted molar refractivity (Wildman–Crippen MR) is 112 cm³/mol. The van der Waals surface area contributed by atoms with Gasteiger partial charge in [-0.05, 0) is 30.7 Å². The van der Waals surface area contributed by atoms with E-state index in [1.807, 2.05) is 59.3 Å². The Morgan fingerprint density at radius 3 is 2.07 bits per heavy atom. The van der Waals surface area contributed by atoms with Gasteiger partial charge in [0.25, 0.3) is 0 Å². The van der Waals surface area contributed by atoms with E-state index in [0.717, 1.165) is 34.1 Å². The lowest BCUT2D eigenvalue weighted by molar-refractivity contribution is 0.455. The average Bonchev–Trinajstić information content (AvgIpc) is 3.11. The van der Waals surface area contributed by atoms with E-state index >= 15 is 0 Å². The third-order valence-corrected chi connectivity index (χ3v) is 5.12. The van der Waals surface area contributed by atoms with E-state index in [1.165, 1.54) is 5.56 Å². The summed E-state index contributed by atoms with van der Waals surface area (Å²) in [6.07, 6.45) is 2.21. The molecule has 0 radical (unpaired) electrons. The molecule has 0 amide bonds. The molecule has 5 rings (SSSR count). The molecule has 0 bridgehead atoms. The Kier molecular flexibility index (Phi) is 4.06. The third kappa shape index (κ3) is 2.81. The van der Waals surface area contributed by atoms with Crippen molar-refractivity contribution in [3.63, 3.8) is 0 Å². The van der Waals surface area contributed by atoms with Crippen LogP contribution in [0.2, 0.25) is 0 Å². The van der Waals surface area contributed by atoms with Gasteiger partial charge in [0.1, 0.15) is 5.76 Å². The molecule has 1 aliphatic rings. The minimum absolute atomic E-state index is 0.0950. The van der Waals surface area contributed by atoms with Crippen molar-refractivity contribution in [3.8, 4) is 11.6 Å². The van der Waals surface area contributed by atoms with E-state index < -0.39 is 0 Å². The molecule has 1 unspecified atom stereocenters. The Balaban J connectivity index is 1.72. The van der Waals surface area contributed by atoms with Crippen molar-refractivity contribution in [1.29, 1.82) is 0 Å². The SMILES string of the molecule is Cc1nn(-c2ccccc2)c2c1C(c1ccccc1)C=C(c1ccccc1)O2. The van der Waals surface area contributed by atoms with Gasteiger partial charge < -0.3 is 4.74 Å². The molecule has 2 heterocycles. The molecule has 4 aromatic rings. The summed E-state index contributed by atoms with van der Waals surface area (Å²) in [5, 5.41) is 4.82. The van der Waals surface area contributed by atoms with E-state index in [-0.39, 0.29) is 5.92 Å². The van der Waals surface area contributed by atoms with Gasteiger partial charge in [-0.1, -0.05) is 78.9 Å². The van der Waals surface area contributed by atoms with Crippen LogP contribution in [-0.4, -0.2) is 9.78 Å². The molecule has 3 aromatic carbocycles. The summed E-state index contributed by atoms with van der Waals surface area (Å²) in [6.45, 7) is 2.05. The van der Waals surface area contributed by atoms with Gasteiger partial charge in [-0.15, -0.1) is 0 Å². The number of para-hydroxylation sites is 1. The van der Waals surface area contributed by atoms with Crippen LogP contribution in [0.1, 0.15) is 28.3 Å². The second-order valence-corrected chi connectivity index (χ2v) is 6.94. The van der Waals surface area contributed by atoms with E-state index in [1.54, 1.807) is 0 Å². The zero-order valence-electron chi connectivity index (χ0n) is 15.6. The lowest BCUT2D eigenvalue weighted by Crippen LogP contribution is -2.12. The van der Waals surface area contributed by atoms with Crippen LogP contribution in [0.25, 0.3) is 11.4 Å². The first-order valence-electron chi connectivity index (χ1n) is 9.46. The second-order valence-electron chi connectivity index (χ2n) is 6.94. The quantitative estimate of drug-likeness (QED) is 0.463. The van der Waals surface area contributed by atoms with Gasteiger partial charge in [0.15, 0.2) is 0 Å². The standard InChI is InChI=1S/C25H20N2O/c1-18-24-22(19-11-5-2-6-12-19)17-23(20-13-7-3-8-14-20)28-25(24)27(26-18)21-15-9-4-10-16-21/h2-17,22H,1H3. The maximum absolute atomic E-state index is 6.44. The molecule has 136 valence electrons. The first-order chi connectivity index (χ1) is 13.8. The number of nitrogens with zero attached hydrogens (tertiary/aromatic N) is 2. The highest BCUT2D eigenvalue weighted by molar-refractivity contribution is 5.68. The monoisotopic (exact) mass is 364 g/mol. The fraction of sp³-hybridized carbons (Fsp3) is 0.0800. The molecule has 28 heavy (non-hydrogen) atoms. The Morgan fingerprint density at radius 2 is 1.39 bits per heavy atom. The van der Waals surface area contributed by atoms with Crippen LogP contribution in [-0.2, 0) is 0 Å². The Hall–Kier alpha value is -3.59. The first kappa shape index (κ1) is 16.6. The number of aromatic nitrogens is 2. The van der Waals surface area contributed by atoms with Crippen LogP contribution < -0.4 is 4.74 Å². The smallest absolute Gasteiger partial charge is 0.227 e. The van der Waals surface area contributed by atoms with Gasteiger partial charge in [-0.25, -0.2) is 4.68 Å². The summed E-state index contributed by atoms with van der Waals surface area (Å²) < 4.78 is 8.35. The van der Waals surface area contributed by atoms with Crippen LogP contribution in [0.4, 0.5) is 0 Å². The average molecular weight is 364 g/mol. The van der Waals surface area contributed by atoms with E-state index in [9.17, 15) is 0 Å². The molecule has 1 aromatic heterocycles. The molecular formula is C25H20N2O. The van der Waals surface area contributed by atoms with Crippen molar-refractivity contribution in [2.24, 2.45) is 0 Å². The fourth-order valence-electron chi connectivity index (χ4n) is 3.77. The fourth-order valence-corrected chi connectivity index (χ4v) is 3.77. The molecule has 0 N–H and O–H groups in total. The minimum atomic E-state index is 0.0950. The molecule has 0 saturated heterocycles. The van der Waals surface area contributed by atoms with Gasteiger partial charge in [-0.2, -0.15) is 5.10 Å². The van der Waals surface area contributed by atoms with Crippen LogP contribution in [0.5, 0.6) is 5.88 Å². The van der Waals surface area contributed by atoms with E-state index in [4.69, 9.17) is 9.84 Å². The third-order valence-electron chi connectivity index (χ3n) is 5.12. The van der Waals surface area contributed by atoms with Crippen molar-refractivity contribution in [2.45, 2.75) is 12.8 Å². The Morgan fingerprint density at radius 1 is 0.786 bits per heavy atom. The number of allylic oxidation sites excluding steroid dienone is 1. The van der Waals surface area contributed by atoms with Crippen molar-refractivity contribution in [3.05, 3.63) is 119 Å². The van der Waals surface area contributed by atoms with Gasteiger partial charge in [0.2, 0.25) is 5.88 Å². The van der Waals surface area contributed by atoms with Gasteiger partial charge in [0, 0.05) is 17.0 Å². The highest BCUT2D eigenvalue weighted by atomic mass is 16.5. The van der Waals surface area contributed by atoms with Crippen molar-refractivity contribution >= 4 is 5.76 Å². The zero-order valence-corrected chi connectivity index (χ0v) is 15.6. The summed E-state index contributed by atoms with van der Waals surface area (Å²) in [5.41, 5.74) is 5.39. The van der Waals surface area contributed by atoms with Gasteiger partial charge in [-0.3, -0.25) is 0 Å². The van der Waals surface area contributed by atoms with E-state index in [2.05, 4.69) is 49.4 Å². The molecule has 0 saturated carbocycles. The Labute approximate surface area is 164 Å². The van der Waals surface area contributed by atoms with Crippen molar-refractivity contribution in [2.75, 3.05) is 0 Å². The number of aryl methyl sites for hydroxylation is 1. The highest BCUT2D eigenvalue weighted by Crippen LogP contribution is 2.43. The van der Waals surface area contributed by atoms with E-state index in [0.29, 0.717) is 0 Å². The maximum atomic E-state index is 6.44. The maximum Gasteiger partial charge on any atom is 0.227 e. The zero-order chi connectivity index (χ0) is 18.9. The summed E-state index contributed by atoms with van der Waals surface area (Å²) in [7, 11) is 0. The molecule has 1 aliphatic heterocycles. The van der Waals surface area contributed by atoms with Gasteiger partial charge >= 0.3 is 0 Å². The normalized spacial score (nSPS) is 15.5. The number of rotatable bonds is 3. The number of hydrogen-bond donors (Lipinski definition) is 0. The largest absolute Gasteiger partial charge is 0.438 e. The number of hydrogen-bond acceptors (Lipinski definition) is 2. The summed E-state index contributed by atoms with van der Waals surface area (Å²) in [4.78, 5) is 0. The number of ether oxygens (including phenoxy) is 1. The molecule has 0 spiro atoms. The summed E-state index contributed by atoms with van der Waals surface area (Å²) in [6, 6.07) is 30.9. The van der Waals surface area contributed by atoms with Crippen LogP contribution >= 0.6 is 0 Å². The molecule has 3 heteroatoms. The predicted octanol–water partition coefficient (Wildman–Crippen LogP) is 5.75. The topological polar surface area (TPSA) is 27.1 Å². The van der Waals surface area contributed by atoms with Crippen LogP contribution in [0, 0.1) is 6.92 Å². The lowest BCUT2D eigenvalue weighted by atomic mass is 9.88. The molecule has 3 nitrogen and oxygen atoms in total. The molecule has 1 atom stereocenters. The summed E-state index contributed by atoms with van der Waals surface area (Å²) >= 11 is 0. The first-order valence-corrected chi connectivity index (χ1v) is 9.46. The molecule has 0 aliphatic carbocycles. The number of fused-ring (bicyclic) bond motifs is 1. The lowest BCUT2D eigenvalue weighted by Gasteiger charge is -2.24.